The molecule has 2 rings (SSSR count). The van der Waals surface area contributed by atoms with Crippen LogP contribution in [0.25, 0.3) is 0 Å². The lowest BCUT2D eigenvalue weighted by Crippen LogP contribution is -2.26. The molecule has 0 atom stereocenters. The fourth-order valence-corrected chi connectivity index (χ4v) is 4.49. The highest BCUT2D eigenvalue weighted by molar-refractivity contribution is 4.92. The van der Waals surface area contributed by atoms with Crippen LogP contribution < -0.4 is 0 Å². The molecule has 0 saturated heterocycles. The summed E-state index contributed by atoms with van der Waals surface area (Å²) < 4.78 is 5.76. The van der Waals surface area contributed by atoms with Crippen molar-refractivity contribution < 1.29 is 4.74 Å². The quantitative estimate of drug-likeness (QED) is 0.364. The first kappa shape index (κ1) is 18.8. The van der Waals surface area contributed by atoms with Crippen molar-refractivity contribution >= 4 is 0 Å². The molecule has 0 radical (unpaired) electrons. The predicted molar refractivity (Wildman–Crippen MR) is 101 cm³/mol. The maximum Gasteiger partial charge on any atom is 0.0647 e. The summed E-state index contributed by atoms with van der Waals surface area (Å²) in [6, 6.07) is 0. The van der Waals surface area contributed by atoms with Crippen LogP contribution >= 0.6 is 0 Å². The fraction of sp³-hybridized carbons (Fsp3) is 0.818. The highest BCUT2D eigenvalue weighted by Gasteiger charge is 2.30. The summed E-state index contributed by atoms with van der Waals surface area (Å²) in [6.45, 7) is 6.10. The molecule has 0 N–H and O–H groups in total. The van der Waals surface area contributed by atoms with Crippen molar-refractivity contribution in [2.24, 2.45) is 23.7 Å². The van der Waals surface area contributed by atoms with Gasteiger partial charge in [0.05, 0.1) is 6.61 Å². The van der Waals surface area contributed by atoms with Crippen molar-refractivity contribution in [3.05, 3.63) is 24.3 Å². The summed E-state index contributed by atoms with van der Waals surface area (Å²) >= 11 is 0. The van der Waals surface area contributed by atoms with Crippen LogP contribution in [-0.2, 0) is 4.74 Å². The standard InChI is InChI=1S/C22H38O/c1-3-5-7-8-19-9-13-21(14-10-19)22-15-11-20(12-16-22)18-23-17-6-4-2/h4,6-8,19-22H,3,5,9-18H2,1-2H3/b6-4-,8-7+. The van der Waals surface area contributed by atoms with Gasteiger partial charge in [0, 0.05) is 6.61 Å². The van der Waals surface area contributed by atoms with Gasteiger partial charge in [-0.2, -0.15) is 0 Å². The molecule has 2 fully saturated rings. The minimum absolute atomic E-state index is 0.798. The van der Waals surface area contributed by atoms with Gasteiger partial charge in [0.15, 0.2) is 0 Å². The number of hydrogen-bond donors (Lipinski definition) is 0. The van der Waals surface area contributed by atoms with Crippen molar-refractivity contribution in [1.29, 1.82) is 0 Å². The fourth-order valence-electron chi connectivity index (χ4n) is 4.49. The van der Waals surface area contributed by atoms with E-state index in [2.05, 4.69) is 38.2 Å². The minimum Gasteiger partial charge on any atom is -0.377 e. The normalized spacial score (nSPS) is 32.8. The van der Waals surface area contributed by atoms with Crippen LogP contribution in [-0.4, -0.2) is 13.2 Å². The molecular formula is C22H38O. The van der Waals surface area contributed by atoms with Gasteiger partial charge < -0.3 is 4.74 Å². The van der Waals surface area contributed by atoms with Gasteiger partial charge in [-0.3, -0.25) is 0 Å². The third-order valence-electron chi connectivity index (χ3n) is 6.04. The monoisotopic (exact) mass is 318 g/mol. The second-order valence-electron chi connectivity index (χ2n) is 7.78. The van der Waals surface area contributed by atoms with Crippen molar-refractivity contribution in [3.8, 4) is 0 Å². The van der Waals surface area contributed by atoms with Crippen molar-refractivity contribution in [2.45, 2.75) is 78.1 Å². The average molecular weight is 319 g/mol. The van der Waals surface area contributed by atoms with Crippen LogP contribution in [0.3, 0.4) is 0 Å². The van der Waals surface area contributed by atoms with E-state index in [4.69, 9.17) is 4.74 Å². The molecule has 2 aliphatic rings. The molecule has 23 heavy (non-hydrogen) atoms. The summed E-state index contributed by atoms with van der Waals surface area (Å²) in [5.74, 6) is 3.75. The SMILES string of the molecule is C/C=C\COCC1CCC(C2CCC(/C=C/CCC)CC2)CC1. The van der Waals surface area contributed by atoms with Crippen LogP contribution in [0.5, 0.6) is 0 Å². The highest BCUT2D eigenvalue weighted by atomic mass is 16.5. The highest BCUT2D eigenvalue weighted by Crippen LogP contribution is 2.41. The molecule has 0 bridgehead atoms. The van der Waals surface area contributed by atoms with Crippen molar-refractivity contribution in [3.63, 3.8) is 0 Å². The molecule has 0 heterocycles. The summed E-state index contributed by atoms with van der Waals surface area (Å²) in [6.07, 6.45) is 23.2. The topological polar surface area (TPSA) is 9.23 Å². The van der Waals surface area contributed by atoms with E-state index in [0.717, 1.165) is 36.9 Å². The van der Waals surface area contributed by atoms with Crippen LogP contribution in [0.1, 0.15) is 78.1 Å². The predicted octanol–water partition coefficient (Wildman–Crippen LogP) is 6.55. The van der Waals surface area contributed by atoms with Crippen LogP contribution in [0, 0.1) is 23.7 Å². The lowest BCUT2D eigenvalue weighted by Gasteiger charge is -2.37. The van der Waals surface area contributed by atoms with E-state index >= 15 is 0 Å². The molecule has 2 aliphatic carbocycles. The first-order valence-corrected chi connectivity index (χ1v) is 10.2. The Balaban J connectivity index is 1.61. The maximum absolute atomic E-state index is 5.76. The molecule has 0 unspecified atom stereocenters. The van der Waals surface area contributed by atoms with Crippen LogP contribution in [0.2, 0.25) is 0 Å². The van der Waals surface area contributed by atoms with Crippen LogP contribution in [0.15, 0.2) is 24.3 Å². The molecule has 0 aromatic heterocycles. The van der Waals surface area contributed by atoms with Gasteiger partial charge in [0.1, 0.15) is 0 Å². The first-order valence-electron chi connectivity index (χ1n) is 10.2. The van der Waals surface area contributed by atoms with Crippen LogP contribution in [0.4, 0.5) is 0 Å². The van der Waals surface area contributed by atoms with E-state index in [0.29, 0.717) is 0 Å². The van der Waals surface area contributed by atoms with Gasteiger partial charge in [-0.15, -0.1) is 0 Å². The minimum atomic E-state index is 0.798. The van der Waals surface area contributed by atoms with E-state index in [1.54, 1.807) is 0 Å². The van der Waals surface area contributed by atoms with Gasteiger partial charge in [-0.05, 0) is 88.4 Å². The Labute approximate surface area is 144 Å². The summed E-state index contributed by atoms with van der Waals surface area (Å²) in [7, 11) is 0. The van der Waals surface area contributed by atoms with Gasteiger partial charge in [-0.25, -0.2) is 0 Å². The molecule has 1 heteroatoms. The molecule has 0 aromatic carbocycles. The zero-order valence-electron chi connectivity index (χ0n) is 15.5. The number of rotatable bonds is 8. The third kappa shape index (κ3) is 6.83. The Morgan fingerprint density at radius 2 is 1.52 bits per heavy atom. The van der Waals surface area contributed by atoms with E-state index in [1.165, 1.54) is 64.2 Å². The summed E-state index contributed by atoms with van der Waals surface area (Å²) in [5.41, 5.74) is 0. The lowest BCUT2D eigenvalue weighted by molar-refractivity contribution is 0.0799. The van der Waals surface area contributed by atoms with Gasteiger partial charge in [0.25, 0.3) is 0 Å². The van der Waals surface area contributed by atoms with E-state index in [1.807, 2.05) is 0 Å². The maximum atomic E-state index is 5.76. The second kappa shape index (κ2) is 11.1. The molecule has 0 amide bonds. The number of unbranched alkanes of at least 4 members (excludes halogenated alkanes) is 1. The third-order valence-corrected chi connectivity index (χ3v) is 6.04. The average Bonchev–Trinajstić information content (AvgIpc) is 2.60. The molecule has 0 aliphatic heterocycles. The Bertz CT molecular complexity index is 341. The summed E-state index contributed by atoms with van der Waals surface area (Å²) in [5, 5.41) is 0. The largest absolute Gasteiger partial charge is 0.377 e. The Morgan fingerprint density at radius 3 is 2.13 bits per heavy atom. The molecule has 2 saturated carbocycles. The Morgan fingerprint density at radius 1 is 0.870 bits per heavy atom. The number of ether oxygens (including phenoxy) is 1. The van der Waals surface area contributed by atoms with Gasteiger partial charge in [0.2, 0.25) is 0 Å². The smallest absolute Gasteiger partial charge is 0.0647 e. The molecular weight excluding hydrogens is 280 g/mol. The zero-order chi connectivity index (χ0) is 16.3. The van der Waals surface area contributed by atoms with E-state index in [9.17, 15) is 0 Å². The molecule has 1 nitrogen and oxygen atoms in total. The number of hydrogen-bond acceptors (Lipinski definition) is 1. The lowest BCUT2D eigenvalue weighted by atomic mass is 9.69. The summed E-state index contributed by atoms with van der Waals surface area (Å²) in [4.78, 5) is 0. The van der Waals surface area contributed by atoms with Gasteiger partial charge in [-0.1, -0.05) is 37.6 Å². The molecule has 0 aromatic rings. The molecule has 0 spiro atoms. The number of allylic oxidation sites excluding steroid dienone is 3. The Hall–Kier alpha value is -0.560. The van der Waals surface area contributed by atoms with Crippen molar-refractivity contribution in [2.75, 3.05) is 13.2 Å². The van der Waals surface area contributed by atoms with Crippen molar-refractivity contribution in [1.82, 2.24) is 0 Å². The zero-order valence-corrected chi connectivity index (χ0v) is 15.5. The second-order valence-corrected chi connectivity index (χ2v) is 7.78. The first-order chi connectivity index (χ1) is 11.3. The van der Waals surface area contributed by atoms with E-state index in [-0.39, 0.29) is 0 Å². The van der Waals surface area contributed by atoms with Gasteiger partial charge >= 0.3 is 0 Å². The Kier molecular flexibility index (Phi) is 9.04. The molecule has 132 valence electrons. The van der Waals surface area contributed by atoms with E-state index < -0.39 is 0 Å².